The largest absolute Gasteiger partial charge is 0.490 e. The van der Waals surface area contributed by atoms with Crippen LogP contribution in [0.3, 0.4) is 0 Å². The molecule has 0 amide bonds. The molecule has 0 saturated carbocycles. The van der Waals surface area contributed by atoms with Crippen molar-refractivity contribution >= 4 is 0 Å². The molecular weight excluding hydrogens is 243 g/mol. The number of hydrogen-bond acceptors (Lipinski definition) is 2. The Morgan fingerprint density at radius 1 is 1.33 bits per heavy atom. The van der Waals surface area contributed by atoms with Gasteiger partial charge in [0.2, 0.25) is 0 Å². The molecule has 2 rings (SSSR count). The van der Waals surface area contributed by atoms with E-state index in [1.165, 1.54) is 6.07 Å². The normalized spacial score (nSPS) is 24.9. The third kappa shape index (κ3) is 3.38. The fourth-order valence-corrected chi connectivity index (χ4v) is 2.13. The van der Waals surface area contributed by atoms with Crippen molar-refractivity contribution in [3.8, 4) is 5.75 Å². The highest BCUT2D eigenvalue weighted by Gasteiger charge is 2.31. The summed E-state index contributed by atoms with van der Waals surface area (Å²) in [5.74, 6) is 0.295. The Morgan fingerprint density at radius 3 is 2.78 bits per heavy atom. The molecule has 1 fully saturated rings. The molecule has 1 aliphatic heterocycles. The Kier molecular flexibility index (Phi) is 3.80. The Morgan fingerprint density at radius 2 is 2.11 bits per heavy atom. The van der Waals surface area contributed by atoms with Crippen LogP contribution in [0.2, 0.25) is 0 Å². The second-order valence-corrected chi connectivity index (χ2v) is 4.64. The maximum atomic E-state index is 12.5. The van der Waals surface area contributed by atoms with Crippen molar-refractivity contribution in [3.63, 3.8) is 0 Å². The van der Waals surface area contributed by atoms with Gasteiger partial charge in [0.1, 0.15) is 11.9 Å². The van der Waals surface area contributed by atoms with Crippen LogP contribution in [0.4, 0.5) is 13.2 Å². The molecule has 0 aliphatic carbocycles. The summed E-state index contributed by atoms with van der Waals surface area (Å²) in [6.07, 6.45) is -2.69. The molecule has 1 heterocycles. The van der Waals surface area contributed by atoms with E-state index in [4.69, 9.17) is 4.74 Å². The average molecular weight is 259 g/mol. The highest BCUT2D eigenvalue weighted by molar-refractivity contribution is 5.30. The monoisotopic (exact) mass is 259 g/mol. The van der Waals surface area contributed by atoms with Gasteiger partial charge < -0.3 is 10.1 Å². The third-order valence-corrected chi connectivity index (χ3v) is 3.04. The van der Waals surface area contributed by atoms with Crippen molar-refractivity contribution in [2.75, 3.05) is 6.54 Å². The molecule has 1 N–H and O–H groups in total. The minimum atomic E-state index is -4.32. The average Bonchev–Trinajstić information content (AvgIpc) is 2.28. The molecule has 0 radical (unpaired) electrons. The van der Waals surface area contributed by atoms with E-state index in [9.17, 15) is 13.2 Å². The first kappa shape index (κ1) is 13.2. The van der Waals surface area contributed by atoms with Crippen LogP contribution in [0.1, 0.15) is 25.3 Å². The van der Waals surface area contributed by atoms with E-state index in [0.29, 0.717) is 11.8 Å². The van der Waals surface area contributed by atoms with Gasteiger partial charge in [0.25, 0.3) is 0 Å². The van der Waals surface area contributed by atoms with Gasteiger partial charge in [0.05, 0.1) is 5.56 Å². The summed E-state index contributed by atoms with van der Waals surface area (Å²) in [4.78, 5) is 0. The molecule has 2 nitrogen and oxygen atoms in total. The molecule has 1 aromatic carbocycles. The number of halogens is 3. The lowest BCUT2D eigenvalue weighted by molar-refractivity contribution is -0.137. The zero-order chi connectivity index (χ0) is 13.2. The second kappa shape index (κ2) is 5.18. The molecule has 0 aromatic heterocycles. The number of piperidine rings is 1. The van der Waals surface area contributed by atoms with E-state index >= 15 is 0 Å². The van der Waals surface area contributed by atoms with Crippen molar-refractivity contribution in [2.24, 2.45) is 0 Å². The van der Waals surface area contributed by atoms with Gasteiger partial charge in [-0.25, -0.2) is 0 Å². The zero-order valence-corrected chi connectivity index (χ0v) is 10.1. The molecule has 100 valence electrons. The molecule has 5 heteroatoms. The lowest BCUT2D eigenvalue weighted by Gasteiger charge is -2.28. The van der Waals surface area contributed by atoms with Gasteiger partial charge in [-0.1, -0.05) is 6.07 Å². The fraction of sp³-hybridized carbons (Fsp3) is 0.538. The van der Waals surface area contributed by atoms with Gasteiger partial charge in [-0.2, -0.15) is 13.2 Å². The van der Waals surface area contributed by atoms with Crippen LogP contribution in [0.15, 0.2) is 24.3 Å². The number of nitrogens with one attached hydrogen (secondary N) is 1. The lowest BCUT2D eigenvalue weighted by atomic mass is 10.0. The van der Waals surface area contributed by atoms with Gasteiger partial charge >= 0.3 is 6.18 Å². The molecule has 0 spiro atoms. The first-order valence-electron chi connectivity index (χ1n) is 6.02. The topological polar surface area (TPSA) is 21.3 Å². The van der Waals surface area contributed by atoms with E-state index in [1.807, 2.05) is 6.92 Å². The molecule has 1 aliphatic rings. The lowest BCUT2D eigenvalue weighted by Crippen LogP contribution is -2.40. The second-order valence-electron chi connectivity index (χ2n) is 4.64. The summed E-state index contributed by atoms with van der Waals surface area (Å²) in [6, 6.07) is 5.41. The van der Waals surface area contributed by atoms with Gasteiger partial charge in [0.15, 0.2) is 0 Å². The molecule has 1 saturated heterocycles. The smallest absolute Gasteiger partial charge is 0.416 e. The first-order valence-corrected chi connectivity index (χ1v) is 6.02. The summed E-state index contributed by atoms with van der Waals surface area (Å²) in [5.41, 5.74) is -0.665. The molecule has 2 unspecified atom stereocenters. The highest BCUT2D eigenvalue weighted by Crippen LogP contribution is 2.31. The fourth-order valence-electron chi connectivity index (χ4n) is 2.13. The van der Waals surface area contributed by atoms with E-state index in [1.54, 1.807) is 6.07 Å². The van der Waals surface area contributed by atoms with Gasteiger partial charge in [-0.05, 0) is 44.5 Å². The van der Waals surface area contributed by atoms with Crippen molar-refractivity contribution < 1.29 is 17.9 Å². The van der Waals surface area contributed by atoms with Gasteiger partial charge in [-0.3, -0.25) is 0 Å². The summed E-state index contributed by atoms with van der Waals surface area (Å²) in [7, 11) is 0. The number of rotatable bonds is 2. The standard InChI is InChI=1S/C13H16F3NO/c1-9-7-12(5-6-17-9)18-11-4-2-3-10(8-11)13(14,15)16/h2-4,8-9,12,17H,5-7H2,1H3. The number of hydrogen-bond donors (Lipinski definition) is 1. The van der Waals surface area contributed by atoms with E-state index in [2.05, 4.69) is 5.32 Å². The summed E-state index contributed by atoms with van der Waals surface area (Å²) >= 11 is 0. The Balaban J connectivity index is 2.05. The van der Waals surface area contributed by atoms with Crippen molar-refractivity contribution in [1.82, 2.24) is 5.32 Å². The molecule has 18 heavy (non-hydrogen) atoms. The minimum absolute atomic E-state index is 0.00951. The van der Waals surface area contributed by atoms with Crippen LogP contribution in [0, 0.1) is 0 Å². The Hall–Kier alpha value is -1.23. The van der Waals surface area contributed by atoms with Crippen LogP contribution in [-0.4, -0.2) is 18.7 Å². The van der Waals surface area contributed by atoms with Crippen LogP contribution in [0.5, 0.6) is 5.75 Å². The number of alkyl halides is 3. The summed E-state index contributed by atoms with van der Waals surface area (Å²) in [5, 5.41) is 3.27. The first-order chi connectivity index (χ1) is 8.45. The van der Waals surface area contributed by atoms with Crippen LogP contribution in [-0.2, 0) is 6.18 Å². The highest BCUT2D eigenvalue weighted by atomic mass is 19.4. The maximum Gasteiger partial charge on any atom is 0.416 e. The molecule has 2 atom stereocenters. The quantitative estimate of drug-likeness (QED) is 0.880. The van der Waals surface area contributed by atoms with E-state index in [0.717, 1.165) is 31.5 Å². The Labute approximate surface area is 104 Å². The SMILES string of the molecule is CC1CC(Oc2cccc(C(F)(F)F)c2)CCN1. The van der Waals surface area contributed by atoms with Gasteiger partial charge in [0, 0.05) is 6.04 Å². The molecule has 0 bridgehead atoms. The number of ether oxygens (including phenoxy) is 1. The van der Waals surface area contributed by atoms with Gasteiger partial charge in [-0.15, -0.1) is 0 Å². The predicted octanol–water partition coefficient (Wildman–Crippen LogP) is 3.22. The molecular formula is C13H16F3NO. The van der Waals surface area contributed by atoms with E-state index < -0.39 is 11.7 Å². The van der Waals surface area contributed by atoms with Crippen molar-refractivity contribution in [2.45, 2.75) is 38.1 Å². The van der Waals surface area contributed by atoms with Crippen LogP contribution < -0.4 is 10.1 Å². The third-order valence-electron chi connectivity index (χ3n) is 3.04. The zero-order valence-electron chi connectivity index (χ0n) is 10.1. The van der Waals surface area contributed by atoms with Crippen molar-refractivity contribution in [3.05, 3.63) is 29.8 Å². The predicted molar refractivity (Wildman–Crippen MR) is 62.6 cm³/mol. The van der Waals surface area contributed by atoms with Crippen LogP contribution in [0.25, 0.3) is 0 Å². The maximum absolute atomic E-state index is 12.5. The summed E-state index contributed by atoms with van der Waals surface area (Å²) in [6.45, 7) is 2.88. The summed E-state index contributed by atoms with van der Waals surface area (Å²) < 4.78 is 43.3. The number of benzene rings is 1. The van der Waals surface area contributed by atoms with Crippen molar-refractivity contribution in [1.29, 1.82) is 0 Å². The minimum Gasteiger partial charge on any atom is -0.490 e. The van der Waals surface area contributed by atoms with E-state index in [-0.39, 0.29) is 6.10 Å². The molecule has 1 aromatic rings. The Bertz CT molecular complexity index is 405. The van der Waals surface area contributed by atoms with Crippen LogP contribution >= 0.6 is 0 Å².